The van der Waals surface area contributed by atoms with Crippen LogP contribution >= 0.6 is 11.6 Å². The fourth-order valence-electron chi connectivity index (χ4n) is 1.31. The van der Waals surface area contributed by atoms with Crippen molar-refractivity contribution in [2.24, 2.45) is 5.73 Å². The van der Waals surface area contributed by atoms with Gasteiger partial charge in [0.15, 0.2) is 11.6 Å². The first-order valence-electron chi connectivity index (χ1n) is 5.00. The molecule has 1 heterocycles. The molecule has 1 aromatic heterocycles. The van der Waals surface area contributed by atoms with E-state index in [1.807, 2.05) is 0 Å². The number of pyridine rings is 1. The van der Waals surface area contributed by atoms with E-state index < -0.39 is 5.82 Å². The van der Waals surface area contributed by atoms with Crippen LogP contribution in [0.1, 0.15) is 5.56 Å². The molecule has 0 saturated carbocycles. The van der Waals surface area contributed by atoms with Crippen molar-refractivity contribution in [3.8, 4) is 11.6 Å². The molecule has 0 saturated heterocycles. The van der Waals surface area contributed by atoms with E-state index in [1.54, 1.807) is 12.1 Å². The molecule has 0 atom stereocenters. The molecule has 3 N–H and O–H groups in total. The van der Waals surface area contributed by atoms with Crippen molar-refractivity contribution in [2.45, 2.75) is 0 Å². The first-order chi connectivity index (χ1) is 8.58. The third kappa shape index (κ3) is 2.57. The number of amidine groups is 1. The van der Waals surface area contributed by atoms with Gasteiger partial charge in [0, 0.05) is 17.8 Å². The number of benzene rings is 1. The lowest BCUT2D eigenvalue weighted by Crippen LogP contribution is -2.11. The number of nitrogen functional groups attached to an aromatic ring is 1. The Balaban J connectivity index is 2.31. The SMILES string of the molecule is N=C(N)c1ccnc(Oc2cccc(Cl)c2F)c1. The summed E-state index contributed by atoms with van der Waals surface area (Å²) in [4.78, 5) is 3.90. The highest BCUT2D eigenvalue weighted by molar-refractivity contribution is 6.30. The zero-order valence-electron chi connectivity index (χ0n) is 9.15. The fourth-order valence-corrected chi connectivity index (χ4v) is 1.47. The fraction of sp³-hybridized carbons (Fsp3) is 0. The van der Waals surface area contributed by atoms with Gasteiger partial charge in [-0.25, -0.2) is 9.37 Å². The second kappa shape index (κ2) is 5.01. The number of halogens is 2. The molecule has 0 bridgehead atoms. The van der Waals surface area contributed by atoms with Gasteiger partial charge < -0.3 is 10.5 Å². The van der Waals surface area contributed by atoms with Crippen LogP contribution in [-0.4, -0.2) is 10.8 Å². The van der Waals surface area contributed by atoms with Crippen LogP contribution < -0.4 is 10.5 Å². The molecule has 0 fully saturated rings. The molecule has 0 unspecified atom stereocenters. The van der Waals surface area contributed by atoms with Crippen molar-refractivity contribution in [3.05, 3.63) is 52.9 Å². The summed E-state index contributed by atoms with van der Waals surface area (Å²) in [5.74, 6) is -0.664. The summed E-state index contributed by atoms with van der Waals surface area (Å²) >= 11 is 5.63. The number of rotatable bonds is 3. The number of nitrogens with one attached hydrogen (secondary N) is 1. The van der Waals surface area contributed by atoms with Gasteiger partial charge in [0.05, 0.1) is 5.02 Å². The van der Waals surface area contributed by atoms with Crippen LogP contribution in [0.3, 0.4) is 0 Å². The van der Waals surface area contributed by atoms with Gasteiger partial charge in [-0.05, 0) is 18.2 Å². The van der Waals surface area contributed by atoms with Gasteiger partial charge in [0.25, 0.3) is 0 Å². The molecule has 1 aromatic carbocycles. The average Bonchev–Trinajstić information content (AvgIpc) is 2.35. The van der Waals surface area contributed by atoms with Crippen LogP contribution in [0.15, 0.2) is 36.5 Å². The Hall–Kier alpha value is -2.14. The van der Waals surface area contributed by atoms with Crippen molar-refractivity contribution in [1.29, 1.82) is 5.41 Å². The minimum Gasteiger partial charge on any atom is -0.436 e. The lowest BCUT2D eigenvalue weighted by atomic mass is 10.2. The summed E-state index contributed by atoms with van der Waals surface area (Å²) in [5.41, 5.74) is 5.78. The second-order valence-corrected chi connectivity index (χ2v) is 3.86. The third-order valence-electron chi connectivity index (χ3n) is 2.18. The maximum Gasteiger partial charge on any atom is 0.220 e. The van der Waals surface area contributed by atoms with E-state index in [-0.39, 0.29) is 22.5 Å². The van der Waals surface area contributed by atoms with Crippen LogP contribution in [0.2, 0.25) is 5.02 Å². The van der Waals surface area contributed by atoms with E-state index in [1.165, 1.54) is 24.4 Å². The zero-order valence-corrected chi connectivity index (χ0v) is 9.91. The maximum atomic E-state index is 13.6. The molecule has 2 rings (SSSR count). The van der Waals surface area contributed by atoms with Gasteiger partial charge in [-0.15, -0.1) is 0 Å². The maximum absolute atomic E-state index is 13.6. The normalized spacial score (nSPS) is 10.1. The zero-order chi connectivity index (χ0) is 13.1. The van der Waals surface area contributed by atoms with E-state index in [2.05, 4.69) is 4.98 Å². The van der Waals surface area contributed by atoms with Gasteiger partial charge in [0.2, 0.25) is 5.88 Å². The third-order valence-corrected chi connectivity index (χ3v) is 2.47. The number of aromatic nitrogens is 1. The number of nitrogens with zero attached hydrogens (tertiary/aromatic N) is 1. The Morgan fingerprint density at radius 3 is 2.89 bits per heavy atom. The summed E-state index contributed by atoms with van der Waals surface area (Å²) in [6.45, 7) is 0. The van der Waals surface area contributed by atoms with E-state index in [4.69, 9.17) is 27.5 Å². The first-order valence-corrected chi connectivity index (χ1v) is 5.38. The Morgan fingerprint density at radius 2 is 2.17 bits per heavy atom. The Bertz CT molecular complexity index is 604. The summed E-state index contributed by atoms with van der Waals surface area (Å²) in [6, 6.07) is 7.42. The molecule has 6 heteroatoms. The second-order valence-electron chi connectivity index (χ2n) is 3.45. The highest BCUT2D eigenvalue weighted by Gasteiger charge is 2.09. The molecule has 92 valence electrons. The summed E-state index contributed by atoms with van der Waals surface area (Å²) in [7, 11) is 0. The Morgan fingerprint density at radius 1 is 1.39 bits per heavy atom. The topological polar surface area (TPSA) is 72.0 Å². The minimum atomic E-state index is -0.658. The molecule has 4 nitrogen and oxygen atoms in total. The number of nitrogens with two attached hydrogens (primary N) is 1. The molecule has 0 aliphatic rings. The van der Waals surface area contributed by atoms with Crippen LogP contribution in [0, 0.1) is 11.2 Å². The number of hydrogen-bond donors (Lipinski definition) is 2. The Kier molecular flexibility index (Phi) is 3.43. The summed E-state index contributed by atoms with van der Waals surface area (Å²) in [5, 5.41) is 7.26. The van der Waals surface area contributed by atoms with E-state index >= 15 is 0 Å². The molecule has 18 heavy (non-hydrogen) atoms. The van der Waals surface area contributed by atoms with Crippen molar-refractivity contribution in [3.63, 3.8) is 0 Å². The summed E-state index contributed by atoms with van der Waals surface area (Å²) < 4.78 is 18.9. The van der Waals surface area contributed by atoms with Crippen LogP contribution in [0.4, 0.5) is 4.39 Å². The van der Waals surface area contributed by atoms with E-state index in [9.17, 15) is 4.39 Å². The largest absolute Gasteiger partial charge is 0.436 e. The van der Waals surface area contributed by atoms with Gasteiger partial charge in [-0.2, -0.15) is 0 Å². The van der Waals surface area contributed by atoms with Gasteiger partial charge in [-0.3, -0.25) is 5.41 Å². The van der Waals surface area contributed by atoms with Crippen molar-refractivity contribution in [2.75, 3.05) is 0 Å². The van der Waals surface area contributed by atoms with Crippen LogP contribution in [0.5, 0.6) is 11.6 Å². The van der Waals surface area contributed by atoms with Crippen molar-refractivity contribution in [1.82, 2.24) is 4.98 Å². The van der Waals surface area contributed by atoms with Gasteiger partial charge in [0.1, 0.15) is 5.84 Å². The van der Waals surface area contributed by atoms with Gasteiger partial charge in [-0.1, -0.05) is 17.7 Å². The summed E-state index contributed by atoms with van der Waals surface area (Å²) in [6.07, 6.45) is 1.43. The lowest BCUT2D eigenvalue weighted by molar-refractivity contribution is 0.427. The number of ether oxygens (including phenoxy) is 1. The van der Waals surface area contributed by atoms with Crippen molar-refractivity contribution < 1.29 is 9.13 Å². The van der Waals surface area contributed by atoms with E-state index in [0.717, 1.165) is 0 Å². The molecule has 0 aliphatic carbocycles. The average molecular weight is 266 g/mol. The monoisotopic (exact) mass is 265 g/mol. The standard InChI is InChI=1S/C12H9ClFN3O/c13-8-2-1-3-9(11(8)14)18-10-6-7(12(15)16)4-5-17-10/h1-6H,(H3,15,16). The predicted octanol–water partition coefficient (Wildman–Crippen LogP) is 2.95. The first kappa shape index (κ1) is 12.3. The highest BCUT2D eigenvalue weighted by atomic mass is 35.5. The quantitative estimate of drug-likeness (QED) is 0.662. The molecular weight excluding hydrogens is 257 g/mol. The smallest absolute Gasteiger partial charge is 0.220 e. The van der Waals surface area contributed by atoms with E-state index in [0.29, 0.717) is 5.56 Å². The molecular formula is C12H9ClFN3O. The predicted molar refractivity (Wildman–Crippen MR) is 66.7 cm³/mol. The molecule has 0 spiro atoms. The highest BCUT2D eigenvalue weighted by Crippen LogP contribution is 2.27. The number of hydrogen-bond acceptors (Lipinski definition) is 3. The minimum absolute atomic E-state index is 0.0318. The molecule has 0 amide bonds. The molecule has 0 aliphatic heterocycles. The van der Waals surface area contributed by atoms with Crippen molar-refractivity contribution >= 4 is 17.4 Å². The Labute approximate surface area is 108 Å². The lowest BCUT2D eigenvalue weighted by Gasteiger charge is -2.07. The molecule has 2 aromatic rings. The van der Waals surface area contributed by atoms with Crippen LogP contribution in [0.25, 0.3) is 0 Å². The van der Waals surface area contributed by atoms with Gasteiger partial charge >= 0.3 is 0 Å². The van der Waals surface area contributed by atoms with Crippen LogP contribution in [-0.2, 0) is 0 Å². The molecule has 0 radical (unpaired) electrons.